The van der Waals surface area contributed by atoms with E-state index in [0.717, 1.165) is 12.5 Å². The SMILES string of the molecule is CC(C)CCN1CCC[C@@H](c2cccc(O)c2)C1. The summed E-state index contributed by atoms with van der Waals surface area (Å²) >= 11 is 0. The Morgan fingerprint density at radius 1 is 1.39 bits per heavy atom. The summed E-state index contributed by atoms with van der Waals surface area (Å²) in [4.78, 5) is 2.58. The van der Waals surface area contributed by atoms with Crippen LogP contribution < -0.4 is 0 Å². The van der Waals surface area contributed by atoms with Crippen molar-refractivity contribution in [2.45, 2.75) is 39.0 Å². The van der Waals surface area contributed by atoms with Crippen LogP contribution >= 0.6 is 0 Å². The third kappa shape index (κ3) is 3.74. The van der Waals surface area contributed by atoms with Crippen LogP contribution in [-0.2, 0) is 0 Å². The smallest absolute Gasteiger partial charge is 0.115 e. The zero-order valence-corrected chi connectivity index (χ0v) is 11.6. The van der Waals surface area contributed by atoms with Gasteiger partial charge in [0.05, 0.1) is 0 Å². The third-order valence-corrected chi connectivity index (χ3v) is 3.87. The van der Waals surface area contributed by atoms with E-state index < -0.39 is 0 Å². The first-order valence-corrected chi connectivity index (χ1v) is 7.16. The molecule has 1 atom stereocenters. The van der Waals surface area contributed by atoms with Crippen LogP contribution in [-0.4, -0.2) is 29.6 Å². The van der Waals surface area contributed by atoms with Crippen LogP contribution in [0.3, 0.4) is 0 Å². The zero-order valence-electron chi connectivity index (χ0n) is 11.6. The molecule has 2 heteroatoms. The fourth-order valence-corrected chi connectivity index (χ4v) is 2.75. The van der Waals surface area contributed by atoms with Crippen molar-refractivity contribution in [3.8, 4) is 5.75 Å². The Balaban J connectivity index is 1.94. The van der Waals surface area contributed by atoms with Gasteiger partial charge < -0.3 is 10.0 Å². The molecule has 0 aliphatic carbocycles. The van der Waals surface area contributed by atoms with Crippen molar-refractivity contribution >= 4 is 0 Å². The van der Waals surface area contributed by atoms with Gasteiger partial charge in [0.25, 0.3) is 0 Å². The Hall–Kier alpha value is -1.02. The van der Waals surface area contributed by atoms with E-state index >= 15 is 0 Å². The molecule has 1 saturated heterocycles. The molecule has 2 nitrogen and oxygen atoms in total. The monoisotopic (exact) mass is 247 g/mol. The Morgan fingerprint density at radius 3 is 2.94 bits per heavy atom. The first-order chi connectivity index (χ1) is 8.65. The molecule has 1 N–H and O–H groups in total. The van der Waals surface area contributed by atoms with Gasteiger partial charge in [0.15, 0.2) is 0 Å². The molecular weight excluding hydrogens is 222 g/mol. The van der Waals surface area contributed by atoms with Crippen LogP contribution in [0.4, 0.5) is 0 Å². The molecule has 1 fully saturated rings. The lowest BCUT2D eigenvalue weighted by Gasteiger charge is -2.33. The van der Waals surface area contributed by atoms with E-state index in [9.17, 15) is 5.11 Å². The standard InChI is InChI=1S/C16H25NO/c1-13(2)8-10-17-9-4-6-15(12-17)14-5-3-7-16(18)11-14/h3,5,7,11,13,15,18H,4,6,8-10,12H2,1-2H3/t15-/m1/s1. The van der Waals surface area contributed by atoms with Crippen LogP contribution in [0.25, 0.3) is 0 Å². The molecule has 1 aromatic carbocycles. The summed E-state index contributed by atoms with van der Waals surface area (Å²) in [5.74, 6) is 1.77. The largest absolute Gasteiger partial charge is 0.508 e. The molecule has 0 radical (unpaired) electrons. The number of hydrogen-bond donors (Lipinski definition) is 1. The summed E-state index contributed by atoms with van der Waals surface area (Å²) in [5, 5.41) is 9.57. The van der Waals surface area contributed by atoms with E-state index in [1.54, 1.807) is 6.07 Å². The van der Waals surface area contributed by atoms with E-state index in [-0.39, 0.29) is 0 Å². The van der Waals surface area contributed by atoms with Gasteiger partial charge in [-0.1, -0.05) is 26.0 Å². The van der Waals surface area contributed by atoms with Gasteiger partial charge in [-0.25, -0.2) is 0 Å². The number of phenolic OH excluding ortho intramolecular Hbond substituents is 1. The number of piperidine rings is 1. The summed E-state index contributed by atoms with van der Waals surface area (Å²) in [7, 11) is 0. The number of phenols is 1. The van der Waals surface area contributed by atoms with E-state index in [1.807, 2.05) is 12.1 Å². The first kappa shape index (κ1) is 13.4. The summed E-state index contributed by atoms with van der Waals surface area (Å²) < 4.78 is 0. The Kier molecular flexibility index (Phi) is 4.65. The van der Waals surface area contributed by atoms with Gasteiger partial charge in [-0.3, -0.25) is 0 Å². The second-order valence-electron chi connectivity index (χ2n) is 5.92. The molecule has 100 valence electrons. The lowest BCUT2D eigenvalue weighted by atomic mass is 9.90. The van der Waals surface area contributed by atoms with Crippen molar-refractivity contribution in [1.82, 2.24) is 4.90 Å². The highest BCUT2D eigenvalue weighted by molar-refractivity contribution is 5.30. The number of benzene rings is 1. The van der Waals surface area contributed by atoms with Crippen molar-refractivity contribution in [2.75, 3.05) is 19.6 Å². The Morgan fingerprint density at radius 2 is 2.22 bits per heavy atom. The maximum atomic E-state index is 9.57. The molecule has 0 bridgehead atoms. The van der Waals surface area contributed by atoms with E-state index in [0.29, 0.717) is 11.7 Å². The van der Waals surface area contributed by atoms with Gasteiger partial charge in [-0.15, -0.1) is 0 Å². The molecule has 0 saturated carbocycles. The van der Waals surface area contributed by atoms with Crippen molar-refractivity contribution in [2.24, 2.45) is 5.92 Å². The Labute approximate surface area is 111 Å². The molecule has 1 heterocycles. The van der Waals surface area contributed by atoms with Crippen LogP contribution in [0.2, 0.25) is 0 Å². The highest BCUT2D eigenvalue weighted by atomic mass is 16.3. The molecule has 0 amide bonds. The van der Waals surface area contributed by atoms with Gasteiger partial charge >= 0.3 is 0 Å². The number of likely N-dealkylation sites (tertiary alicyclic amines) is 1. The first-order valence-electron chi connectivity index (χ1n) is 7.16. The fourth-order valence-electron chi connectivity index (χ4n) is 2.75. The van der Waals surface area contributed by atoms with Gasteiger partial charge in [0.2, 0.25) is 0 Å². The van der Waals surface area contributed by atoms with Crippen LogP contribution in [0.1, 0.15) is 44.6 Å². The van der Waals surface area contributed by atoms with Crippen LogP contribution in [0, 0.1) is 5.92 Å². The molecule has 0 spiro atoms. The van der Waals surface area contributed by atoms with Crippen molar-refractivity contribution in [3.05, 3.63) is 29.8 Å². The summed E-state index contributed by atoms with van der Waals surface area (Å²) in [6.45, 7) is 8.18. The van der Waals surface area contributed by atoms with Crippen LogP contribution in [0.15, 0.2) is 24.3 Å². The number of hydrogen-bond acceptors (Lipinski definition) is 2. The molecular formula is C16H25NO. The average Bonchev–Trinajstić information content (AvgIpc) is 2.37. The molecule has 0 aromatic heterocycles. The maximum Gasteiger partial charge on any atom is 0.115 e. The zero-order chi connectivity index (χ0) is 13.0. The lowest BCUT2D eigenvalue weighted by molar-refractivity contribution is 0.198. The van der Waals surface area contributed by atoms with Gasteiger partial charge in [-0.05, 0) is 61.9 Å². The number of nitrogens with zero attached hydrogens (tertiary/aromatic N) is 1. The van der Waals surface area contributed by atoms with E-state index in [2.05, 4.69) is 24.8 Å². The fraction of sp³-hybridized carbons (Fsp3) is 0.625. The van der Waals surface area contributed by atoms with E-state index in [4.69, 9.17) is 0 Å². The third-order valence-electron chi connectivity index (χ3n) is 3.87. The van der Waals surface area contributed by atoms with Crippen molar-refractivity contribution in [3.63, 3.8) is 0 Å². The number of aromatic hydroxyl groups is 1. The molecule has 2 rings (SSSR count). The van der Waals surface area contributed by atoms with E-state index in [1.165, 1.54) is 37.9 Å². The minimum absolute atomic E-state index is 0.395. The van der Waals surface area contributed by atoms with Crippen molar-refractivity contribution in [1.29, 1.82) is 0 Å². The topological polar surface area (TPSA) is 23.5 Å². The summed E-state index contributed by atoms with van der Waals surface area (Å²) in [6, 6.07) is 7.79. The molecule has 1 aliphatic heterocycles. The predicted octanol–water partition coefficient (Wildman–Crippen LogP) is 3.62. The second kappa shape index (κ2) is 6.24. The molecule has 0 unspecified atom stereocenters. The molecule has 1 aromatic rings. The minimum Gasteiger partial charge on any atom is -0.508 e. The Bertz CT molecular complexity index is 375. The average molecular weight is 247 g/mol. The van der Waals surface area contributed by atoms with Gasteiger partial charge in [-0.2, -0.15) is 0 Å². The normalized spacial score (nSPS) is 21.4. The highest BCUT2D eigenvalue weighted by Crippen LogP contribution is 2.28. The molecule has 18 heavy (non-hydrogen) atoms. The second-order valence-corrected chi connectivity index (χ2v) is 5.92. The highest BCUT2D eigenvalue weighted by Gasteiger charge is 2.21. The number of rotatable bonds is 4. The van der Waals surface area contributed by atoms with Gasteiger partial charge in [0.1, 0.15) is 5.75 Å². The minimum atomic E-state index is 0.395. The maximum absolute atomic E-state index is 9.57. The lowest BCUT2D eigenvalue weighted by Crippen LogP contribution is -2.35. The van der Waals surface area contributed by atoms with Gasteiger partial charge in [0, 0.05) is 6.54 Å². The molecule has 1 aliphatic rings. The summed E-state index contributed by atoms with van der Waals surface area (Å²) in [6.07, 6.45) is 3.81. The quantitative estimate of drug-likeness (QED) is 0.878. The predicted molar refractivity (Wildman–Crippen MR) is 76.0 cm³/mol. The summed E-state index contributed by atoms with van der Waals surface area (Å²) in [5.41, 5.74) is 1.30. The van der Waals surface area contributed by atoms with Crippen molar-refractivity contribution < 1.29 is 5.11 Å². The van der Waals surface area contributed by atoms with Crippen LogP contribution in [0.5, 0.6) is 5.75 Å².